The topological polar surface area (TPSA) is 40.1 Å². The molecular formula is C22H43CoO2. The van der Waals surface area contributed by atoms with Crippen molar-refractivity contribution in [2.45, 2.75) is 111 Å². The summed E-state index contributed by atoms with van der Waals surface area (Å²) in [6, 6.07) is 0. The molecule has 2 nitrogen and oxygen atoms in total. The molecule has 0 rings (SSSR count). The molecule has 0 saturated heterocycles. The van der Waals surface area contributed by atoms with Gasteiger partial charge >= 0.3 is 16.8 Å². The summed E-state index contributed by atoms with van der Waals surface area (Å²) in [4.78, 5) is 10.2. The molecule has 0 heterocycles. The van der Waals surface area contributed by atoms with Gasteiger partial charge in [0.1, 0.15) is 0 Å². The van der Waals surface area contributed by atoms with E-state index in [-0.39, 0.29) is 23.2 Å². The van der Waals surface area contributed by atoms with E-state index in [0.29, 0.717) is 0 Å². The van der Waals surface area contributed by atoms with Gasteiger partial charge in [-0.15, -0.1) is 0 Å². The van der Waals surface area contributed by atoms with Crippen molar-refractivity contribution in [3.8, 4) is 0 Å². The summed E-state index contributed by atoms with van der Waals surface area (Å²) in [5.41, 5.74) is 0. The third-order valence-corrected chi connectivity index (χ3v) is 3.64. The van der Waals surface area contributed by atoms with E-state index < -0.39 is 5.97 Å². The molecule has 0 spiro atoms. The number of hydrogen-bond acceptors (Lipinski definition) is 2. The van der Waals surface area contributed by atoms with Crippen LogP contribution in [0.2, 0.25) is 0 Å². The number of carboxylic acids is 1. The minimum atomic E-state index is -0.914. The van der Waals surface area contributed by atoms with Crippen LogP contribution in [-0.2, 0) is 21.6 Å². The van der Waals surface area contributed by atoms with Crippen LogP contribution in [0.1, 0.15) is 111 Å². The monoisotopic (exact) mass is 398 g/mol. The number of unbranched alkanes of at least 4 members (excludes halogenated alkanes) is 11. The average Bonchev–Trinajstić information content (AvgIpc) is 2.61. The molecule has 0 atom stereocenters. The van der Waals surface area contributed by atoms with E-state index in [4.69, 9.17) is 0 Å². The Labute approximate surface area is 169 Å². The van der Waals surface area contributed by atoms with E-state index in [1.165, 1.54) is 64.2 Å². The Kier molecular flexibility index (Phi) is 45.3. The van der Waals surface area contributed by atoms with Gasteiger partial charge in [0, 0.05) is 5.97 Å². The summed E-state index contributed by atoms with van der Waals surface area (Å²) in [5.74, 6) is -0.914. The molecule has 3 heteroatoms. The molecular weight excluding hydrogens is 355 g/mol. The predicted octanol–water partition coefficient (Wildman–Crippen LogP) is 6.45. The first-order valence-electron chi connectivity index (χ1n) is 10.0. The third-order valence-electron chi connectivity index (χ3n) is 3.64. The third kappa shape index (κ3) is 40.0. The van der Waals surface area contributed by atoms with E-state index >= 15 is 0 Å². The van der Waals surface area contributed by atoms with Crippen LogP contribution in [0.15, 0.2) is 12.2 Å². The number of hydrogen-bond donors (Lipinski definition) is 0. The SMILES string of the molecule is CCCCCCCC/C=C\CCCCCCCC(=O)[O-].[CH2-]C.[CH2-]C.[Co+3]. The van der Waals surface area contributed by atoms with Gasteiger partial charge in [0.05, 0.1) is 0 Å². The maximum atomic E-state index is 10.2. The Morgan fingerprint density at radius 2 is 1.08 bits per heavy atom. The zero-order valence-electron chi connectivity index (χ0n) is 17.1. The second-order valence-electron chi connectivity index (χ2n) is 5.71. The van der Waals surface area contributed by atoms with E-state index in [1.54, 1.807) is 13.8 Å². The molecule has 0 aliphatic heterocycles. The molecule has 0 fully saturated rings. The molecule has 0 radical (unpaired) electrons. The second kappa shape index (κ2) is 34.9. The van der Waals surface area contributed by atoms with Crippen LogP contribution in [-0.4, -0.2) is 5.97 Å². The molecule has 0 bridgehead atoms. The zero-order valence-corrected chi connectivity index (χ0v) is 18.2. The first kappa shape index (κ1) is 32.4. The first-order chi connectivity index (χ1) is 11.8. The Hall–Kier alpha value is -0.284. The first-order valence-corrected chi connectivity index (χ1v) is 10.0. The van der Waals surface area contributed by atoms with Gasteiger partial charge in [-0.05, 0) is 38.5 Å². The van der Waals surface area contributed by atoms with Crippen molar-refractivity contribution >= 4 is 5.97 Å². The summed E-state index contributed by atoms with van der Waals surface area (Å²) in [6.45, 7) is 12.3. The summed E-state index contributed by atoms with van der Waals surface area (Å²) in [7, 11) is 0. The Bertz CT molecular complexity index is 240. The Balaban J connectivity index is -0.000000408. The average molecular weight is 399 g/mol. The summed E-state index contributed by atoms with van der Waals surface area (Å²) in [5, 5.41) is 10.2. The maximum absolute atomic E-state index is 10.2. The number of carboxylic acid groups (broad SMARTS) is 1. The van der Waals surface area contributed by atoms with Crippen LogP contribution in [0.5, 0.6) is 0 Å². The Morgan fingerprint density at radius 1 is 0.720 bits per heavy atom. The van der Waals surface area contributed by atoms with Gasteiger partial charge in [0.2, 0.25) is 0 Å². The smallest absolute Gasteiger partial charge is 0.550 e. The van der Waals surface area contributed by atoms with Gasteiger partial charge in [-0.3, -0.25) is 0 Å². The van der Waals surface area contributed by atoms with Crippen molar-refractivity contribution in [2.75, 3.05) is 0 Å². The number of rotatable bonds is 15. The standard InChI is InChI=1S/C18H34O2.2C2H5.Co/c1-2-3-4-5-6-7-8-9-10-11-12-13-14-15-16-17-18(19)20;2*1-2;/h9-10H,2-8,11-17H2,1H3,(H,19,20);2*1H2,2H3;/q;2*-1;+3/p-1/b10-9-;;;. The maximum Gasteiger partial charge on any atom is 3.00 e. The molecule has 0 unspecified atom stereocenters. The minimum Gasteiger partial charge on any atom is -0.550 e. The van der Waals surface area contributed by atoms with Gasteiger partial charge in [-0.2, -0.15) is 13.8 Å². The molecule has 0 aliphatic rings. The zero-order chi connectivity index (χ0) is 18.9. The van der Waals surface area contributed by atoms with Crippen molar-refractivity contribution in [3.63, 3.8) is 0 Å². The number of carbonyl (C=O) groups is 1. The number of aliphatic carboxylic acids is 1. The van der Waals surface area contributed by atoms with E-state index in [0.717, 1.165) is 19.3 Å². The van der Waals surface area contributed by atoms with Gasteiger partial charge in [0.15, 0.2) is 0 Å². The van der Waals surface area contributed by atoms with Gasteiger partial charge in [-0.25, -0.2) is 0 Å². The van der Waals surface area contributed by atoms with Gasteiger partial charge in [-0.1, -0.05) is 70.4 Å². The fourth-order valence-corrected chi connectivity index (χ4v) is 2.34. The predicted molar refractivity (Wildman–Crippen MR) is 107 cm³/mol. The number of allylic oxidation sites excluding steroid dienone is 2. The van der Waals surface area contributed by atoms with Gasteiger partial charge in [0.25, 0.3) is 0 Å². The van der Waals surface area contributed by atoms with Crippen LogP contribution < -0.4 is 5.11 Å². The molecule has 0 aliphatic carbocycles. The Morgan fingerprint density at radius 3 is 1.48 bits per heavy atom. The molecule has 0 aromatic heterocycles. The fraction of sp³-hybridized carbons (Fsp3) is 0.773. The summed E-state index contributed by atoms with van der Waals surface area (Å²) in [6.07, 6.45) is 20.9. The molecule has 0 aromatic carbocycles. The minimum absolute atomic E-state index is 0. The van der Waals surface area contributed by atoms with Crippen molar-refractivity contribution in [3.05, 3.63) is 26.0 Å². The van der Waals surface area contributed by atoms with Crippen LogP contribution in [0.4, 0.5) is 0 Å². The molecule has 152 valence electrons. The van der Waals surface area contributed by atoms with Crippen molar-refractivity contribution in [2.24, 2.45) is 0 Å². The van der Waals surface area contributed by atoms with Crippen LogP contribution >= 0.6 is 0 Å². The van der Waals surface area contributed by atoms with Crippen molar-refractivity contribution in [1.29, 1.82) is 0 Å². The molecule has 0 saturated carbocycles. The van der Waals surface area contributed by atoms with Gasteiger partial charge < -0.3 is 23.7 Å². The van der Waals surface area contributed by atoms with Crippen LogP contribution in [0.25, 0.3) is 0 Å². The van der Waals surface area contributed by atoms with Crippen LogP contribution in [0.3, 0.4) is 0 Å². The quantitative estimate of drug-likeness (QED) is 0.181. The molecule has 0 N–H and O–H groups in total. The fourth-order valence-electron chi connectivity index (χ4n) is 2.34. The van der Waals surface area contributed by atoms with E-state index in [2.05, 4.69) is 32.9 Å². The largest absolute Gasteiger partial charge is 3.00 e. The van der Waals surface area contributed by atoms with Crippen molar-refractivity contribution in [1.82, 2.24) is 0 Å². The second-order valence-corrected chi connectivity index (χ2v) is 5.71. The number of carbonyl (C=O) groups excluding carboxylic acids is 1. The summed E-state index contributed by atoms with van der Waals surface area (Å²) < 4.78 is 0. The molecule has 25 heavy (non-hydrogen) atoms. The summed E-state index contributed by atoms with van der Waals surface area (Å²) >= 11 is 0. The van der Waals surface area contributed by atoms with Crippen LogP contribution in [0, 0.1) is 13.8 Å². The van der Waals surface area contributed by atoms with E-state index in [1.807, 2.05) is 0 Å². The molecule has 0 aromatic rings. The normalized spacial score (nSPS) is 9.48. The van der Waals surface area contributed by atoms with E-state index in [9.17, 15) is 9.90 Å². The molecule has 0 amide bonds. The van der Waals surface area contributed by atoms with Crippen molar-refractivity contribution < 1.29 is 26.7 Å².